The van der Waals surface area contributed by atoms with Crippen molar-refractivity contribution in [2.75, 3.05) is 10.5 Å². The lowest BCUT2D eigenvalue weighted by Crippen LogP contribution is -2.48. The minimum absolute atomic E-state index is 0.0887. The van der Waals surface area contributed by atoms with E-state index in [1.54, 1.807) is 0 Å². The molecule has 0 spiro atoms. The standard InChI is InChI=1S/C23H32B2N2O2/c1-22(2)23(3,4)29-25(28-22)20(15-16-9-5-6-10-16)24-26-18-13-7-11-17-12-8-14-19(27-24)21(17)18/h7-8,11-14,16,20,26-27H,5-6,9-10,15H2,1-4H3/t20-/m0/s1. The molecule has 1 saturated carbocycles. The van der Waals surface area contributed by atoms with Gasteiger partial charge < -0.3 is 19.8 Å². The van der Waals surface area contributed by atoms with Crippen LogP contribution in [0.4, 0.5) is 11.4 Å². The van der Waals surface area contributed by atoms with Gasteiger partial charge in [0, 0.05) is 22.5 Å². The van der Waals surface area contributed by atoms with Crippen molar-refractivity contribution in [1.82, 2.24) is 0 Å². The number of nitrogens with one attached hydrogen (secondary N) is 2. The van der Waals surface area contributed by atoms with Gasteiger partial charge in [-0.2, -0.15) is 0 Å². The zero-order valence-corrected chi connectivity index (χ0v) is 18.1. The van der Waals surface area contributed by atoms with E-state index in [4.69, 9.17) is 9.31 Å². The average molecular weight is 390 g/mol. The summed E-state index contributed by atoms with van der Waals surface area (Å²) in [6, 6.07) is 13.0. The Morgan fingerprint density at radius 1 is 0.931 bits per heavy atom. The van der Waals surface area contributed by atoms with Crippen LogP contribution in [0.5, 0.6) is 0 Å². The van der Waals surface area contributed by atoms with Crippen LogP contribution in [0.3, 0.4) is 0 Å². The summed E-state index contributed by atoms with van der Waals surface area (Å²) in [5, 5.41) is 10.1. The predicted molar refractivity (Wildman–Crippen MR) is 123 cm³/mol. The molecule has 29 heavy (non-hydrogen) atoms. The van der Waals surface area contributed by atoms with Gasteiger partial charge in [0.05, 0.1) is 11.2 Å². The van der Waals surface area contributed by atoms with Crippen LogP contribution in [-0.2, 0) is 9.31 Å². The lowest BCUT2D eigenvalue weighted by atomic mass is 9.43. The highest BCUT2D eigenvalue weighted by molar-refractivity contribution is 6.80. The molecule has 0 unspecified atom stereocenters. The lowest BCUT2D eigenvalue weighted by molar-refractivity contribution is 0.00578. The van der Waals surface area contributed by atoms with Crippen LogP contribution >= 0.6 is 0 Å². The van der Waals surface area contributed by atoms with Crippen molar-refractivity contribution in [2.24, 2.45) is 5.92 Å². The maximum Gasteiger partial charge on any atom is 0.457 e. The molecule has 5 rings (SSSR count). The molecule has 152 valence electrons. The smallest absolute Gasteiger partial charge is 0.409 e. The van der Waals surface area contributed by atoms with E-state index in [2.05, 4.69) is 74.5 Å². The van der Waals surface area contributed by atoms with E-state index in [-0.39, 0.29) is 31.0 Å². The van der Waals surface area contributed by atoms with Crippen molar-refractivity contribution in [3.05, 3.63) is 36.4 Å². The van der Waals surface area contributed by atoms with Crippen LogP contribution in [0.25, 0.3) is 10.8 Å². The van der Waals surface area contributed by atoms with Gasteiger partial charge in [-0.25, -0.2) is 0 Å². The molecular formula is C23H32B2N2O2. The van der Waals surface area contributed by atoms with E-state index in [9.17, 15) is 0 Å². The summed E-state index contributed by atoms with van der Waals surface area (Å²) >= 11 is 0. The van der Waals surface area contributed by atoms with Crippen LogP contribution in [0.1, 0.15) is 59.8 Å². The Morgan fingerprint density at radius 3 is 2.03 bits per heavy atom. The molecule has 1 saturated heterocycles. The number of anilines is 2. The Hall–Kier alpha value is -1.65. The van der Waals surface area contributed by atoms with E-state index < -0.39 is 0 Å². The largest absolute Gasteiger partial charge is 0.457 e. The van der Waals surface area contributed by atoms with Crippen LogP contribution in [0.15, 0.2) is 36.4 Å². The Bertz CT molecular complexity index is 854. The molecule has 1 aliphatic carbocycles. The highest BCUT2D eigenvalue weighted by Crippen LogP contribution is 2.45. The number of benzene rings is 2. The summed E-state index contributed by atoms with van der Waals surface area (Å²) in [7, 11) is -0.213. The number of hydrogen-bond donors (Lipinski definition) is 2. The Balaban J connectivity index is 1.47. The minimum Gasteiger partial charge on any atom is -0.409 e. The molecule has 3 aliphatic rings. The second-order valence-electron chi connectivity index (χ2n) is 10.2. The molecule has 0 bridgehead atoms. The first kappa shape index (κ1) is 19.3. The maximum absolute atomic E-state index is 6.55. The summed E-state index contributed by atoms with van der Waals surface area (Å²) in [6.07, 6.45) is 6.49. The quantitative estimate of drug-likeness (QED) is 0.653. The SMILES string of the molecule is CC1(C)OB([C@@H](CC2CCCC2)B2Nc3cccc4cccc(c34)N2)OC1(C)C. The van der Waals surface area contributed by atoms with Gasteiger partial charge in [-0.15, -0.1) is 0 Å². The van der Waals surface area contributed by atoms with E-state index >= 15 is 0 Å². The Kier molecular flexibility index (Phi) is 4.63. The van der Waals surface area contributed by atoms with Crippen molar-refractivity contribution in [3.8, 4) is 0 Å². The second-order valence-corrected chi connectivity index (χ2v) is 10.2. The maximum atomic E-state index is 6.55. The van der Waals surface area contributed by atoms with Gasteiger partial charge in [-0.3, -0.25) is 0 Å². The molecule has 0 radical (unpaired) electrons. The van der Waals surface area contributed by atoms with Crippen molar-refractivity contribution < 1.29 is 9.31 Å². The van der Waals surface area contributed by atoms with Crippen LogP contribution in [0, 0.1) is 5.92 Å². The molecule has 2 fully saturated rings. The summed E-state index contributed by atoms with van der Waals surface area (Å²) in [4.78, 5) is 0. The zero-order valence-electron chi connectivity index (χ0n) is 18.1. The first-order valence-corrected chi connectivity index (χ1v) is 11.2. The van der Waals surface area contributed by atoms with Crippen molar-refractivity contribution in [2.45, 2.75) is 76.7 Å². The predicted octanol–water partition coefficient (Wildman–Crippen LogP) is 5.75. The fourth-order valence-electron chi connectivity index (χ4n) is 5.27. The van der Waals surface area contributed by atoms with E-state index in [0.717, 1.165) is 12.3 Å². The Labute approximate surface area is 175 Å². The van der Waals surface area contributed by atoms with Crippen molar-refractivity contribution >= 4 is 36.2 Å². The van der Waals surface area contributed by atoms with Gasteiger partial charge in [0.2, 0.25) is 0 Å². The molecular weight excluding hydrogens is 358 g/mol. The molecule has 2 heterocycles. The third kappa shape index (κ3) is 3.34. The van der Waals surface area contributed by atoms with Gasteiger partial charge in [-0.1, -0.05) is 56.4 Å². The summed E-state index contributed by atoms with van der Waals surface area (Å²) in [6.45, 7) is 8.69. The van der Waals surface area contributed by atoms with Gasteiger partial charge in [0.1, 0.15) is 0 Å². The monoisotopic (exact) mass is 390 g/mol. The van der Waals surface area contributed by atoms with Gasteiger partial charge in [-0.05, 0) is 51.1 Å². The molecule has 0 aromatic heterocycles. The highest BCUT2D eigenvalue weighted by atomic mass is 16.7. The molecule has 4 nitrogen and oxygen atoms in total. The van der Waals surface area contributed by atoms with Crippen LogP contribution < -0.4 is 10.5 Å². The van der Waals surface area contributed by atoms with Gasteiger partial charge >= 0.3 is 14.1 Å². The molecule has 2 N–H and O–H groups in total. The average Bonchev–Trinajstić information content (AvgIpc) is 3.25. The number of rotatable bonds is 4. The van der Waals surface area contributed by atoms with E-state index in [1.165, 1.54) is 47.8 Å². The molecule has 1 atom stereocenters. The Morgan fingerprint density at radius 2 is 1.48 bits per heavy atom. The lowest BCUT2D eigenvalue weighted by Gasteiger charge is -2.33. The normalized spacial score (nSPS) is 23.9. The highest BCUT2D eigenvalue weighted by Gasteiger charge is 2.56. The van der Waals surface area contributed by atoms with E-state index in [1.807, 2.05) is 0 Å². The molecule has 2 aromatic carbocycles. The van der Waals surface area contributed by atoms with Gasteiger partial charge in [0.25, 0.3) is 0 Å². The van der Waals surface area contributed by atoms with Gasteiger partial charge in [0.15, 0.2) is 0 Å². The molecule has 6 heteroatoms. The molecule has 2 aromatic rings. The van der Waals surface area contributed by atoms with E-state index in [0.29, 0.717) is 0 Å². The first-order valence-electron chi connectivity index (χ1n) is 11.2. The van der Waals surface area contributed by atoms with Crippen LogP contribution in [-0.4, -0.2) is 25.3 Å². The minimum atomic E-state index is -0.307. The second kappa shape index (κ2) is 6.95. The van der Waals surface area contributed by atoms with Crippen LogP contribution in [0.2, 0.25) is 5.72 Å². The molecule has 2 aliphatic heterocycles. The third-order valence-corrected chi connectivity index (χ3v) is 7.66. The fraction of sp³-hybridized carbons (Fsp3) is 0.565. The topological polar surface area (TPSA) is 42.5 Å². The number of hydrogen-bond acceptors (Lipinski definition) is 4. The third-order valence-electron chi connectivity index (χ3n) is 7.66. The van der Waals surface area contributed by atoms with Crippen molar-refractivity contribution in [1.29, 1.82) is 0 Å². The summed E-state index contributed by atoms with van der Waals surface area (Å²) < 4.78 is 13.1. The zero-order chi connectivity index (χ0) is 20.2. The summed E-state index contributed by atoms with van der Waals surface area (Å²) in [5.74, 6) is 0.760. The molecule has 0 amide bonds. The first-order chi connectivity index (χ1) is 13.8. The fourth-order valence-corrected chi connectivity index (χ4v) is 5.27. The summed E-state index contributed by atoms with van der Waals surface area (Å²) in [5.41, 5.74) is 2.03. The van der Waals surface area contributed by atoms with Crippen molar-refractivity contribution in [3.63, 3.8) is 0 Å².